The summed E-state index contributed by atoms with van der Waals surface area (Å²) in [6.07, 6.45) is 0. The summed E-state index contributed by atoms with van der Waals surface area (Å²) < 4.78 is 62.5. The second-order valence-corrected chi connectivity index (χ2v) is 9.09. The molecule has 0 aliphatic carbocycles. The summed E-state index contributed by atoms with van der Waals surface area (Å²) in [5, 5.41) is 6.46. The fourth-order valence-electron chi connectivity index (χ4n) is 1.46. The van der Waals surface area contributed by atoms with Crippen LogP contribution in [0.2, 0.25) is 0 Å². The van der Waals surface area contributed by atoms with Crippen molar-refractivity contribution in [3.63, 3.8) is 0 Å². The van der Waals surface area contributed by atoms with Crippen molar-refractivity contribution >= 4 is 53.0 Å². The molecule has 1 aromatic carbocycles. The highest BCUT2D eigenvalue weighted by atomic mass is 79.9. The molecule has 0 aliphatic rings. The Kier molecular flexibility index (Phi) is 4.40. The molecule has 0 atom stereocenters. The highest BCUT2D eigenvalue weighted by Gasteiger charge is 2.20. The Morgan fingerprint density at radius 2 is 1.86 bits per heavy atom. The van der Waals surface area contributed by atoms with Crippen molar-refractivity contribution < 1.29 is 21.2 Å². The Balaban J connectivity index is 2.45. The predicted octanol–water partition coefficient (Wildman–Crippen LogP) is 2.10. The van der Waals surface area contributed by atoms with Crippen LogP contribution in [0.1, 0.15) is 0 Å². The fourth-order valence-corrected chi connectivity index (χ4v) is 5.41. The Bertz CT molecular complexity index is 893. The summed E-state index contributed by atoms with van der Waals surface area (Å²) in [6, 6.07) is 4.04. The molecule has 0 saturated carbocycles. The third kappa shape index (κ3) is 3.80. The highest BCUT2D eigenvalue weighted by molar-refractivity contribution is 9.10. The average molecular weight is 415 g/mol. The standard InChI is InChI=1S/C10H8BrFN2O4S3/c11-9-1-2-19-10(9)21(17,18)14-7-3-6(12)4-8(5-7)20(13,15)16/h1-5,14H,(H2,13,15,16). The molecule has 3 N–H and O–H groups in total. The van der Waals surface area contributed by atoms with Gasteiger partial charge in [-0.25, -0.2) is 26.4 Å². The third-order valence-electron chi connectivity index (χ3n) is 2.28. The third-order valence-corrected chi connectivity index (χ3v) is 7.22. The average Bonchev–Trinajstić information content (AvgIpc) is 2.73. The maximum absolute atomic E-state index is 13.4. The zero-order chi connectivity index (χ0) is 15.8. The summed E-state index contributed by atoms with van der Waals surface area (Å²) in [5.41, 5.74) is -0.237. The number of nitrogens with two attached hydrogens (primary N) is 1. The lowest BCUT2D eigenvalue weighted by Crippen LogP contribution is -2.15. The molecule has 0 amide bonds. The van der Waals surface area contributed by atoms with E-state index in [9.17, 15) is 21.2 Å². The van der Waals surface area contributed by atoms with E-state index >= 15 is 0 Å². The first-order valence-electron chi connectivity index (χ1n) is 5.19. The lowest BCUT2D eigenvalue weighted by Gasteiger charge is -2.08. The van der Waals surface area contributed by atoms with Gasteiger partial charge in [-0.15, -0.1) is 11.3 Å². The van der Waals surface area contributed by atoms with Gasteiger partial charge in [-0.2, -0.15) is 0 Å². The largest absolute Gasteiger partial charge is 0.279 e. The van der Waals surface area contributed by atoms with Crippen LogP contribution >= 0.6 is 27.3 Å². The Morgan fingerprint density at radius 1 is 1.19 bits per heavy atom. The molecule has 0 unspecified atom stereocenters. The van der Waals surface area contributed by atoms with Gasteiger partial charge in [0.25, 0.3) is 10.0 Å². The second-order valence-electron chi connectivity index (χ2n) is 3.88. The van der Waals surface area contributed by atoms with Gasteiger partial charge in [0.2, 0.25) is 10.0 Å². The van der Waals surface area contributed by atoms with Crippen molar-refractivity contribution in [3.05, 3.63) is 39.9 Å². The van der Waals surface area contributed by atoms with E-state index in [0.717, 1.165) is 23.5 Å². The molecule has 1 aromatic heterocycles. The van der Waals surface area contributed by atoms with Gasteiger partial charge in [-0.3, -0.25) is 4.72 Å². The van der Waals surface area contributed by atoms with E-state index in [4.69, 9.17) is 5.14 Å². The second kappa shape index (κ2) is 5.65. The number of hydrogen-bond acceptors (Lipinski definition) is 5. The molecule has 0 spiro atoms. The quantitative estimate of drug-likeness (QED) is 0.798. The van der Waals surface area contributed by atoms with Crippen LogP contribution in [0.15, 0.2) is 43.2 Å². The van der Waals surface area contributed by atoms with Crippen LogP contribution < -0.4 is 9.86 Å². The molecule has 0 saturated heterocycles. The fraction of sp³-hybridized carbons (Fsp3) is 0. The van der Waals surface area contributed by atoms with Crippen LogP contribution in [0.5, 0.6) is 0 Å². The highest BCUT2D eigenvalue weighted by Crippen LogP contribution is 2.29. The van der Waals surface area contributed by atoms with Crippen molar-refractivity contribution in [2.24, 2.45) is 5.14 Å². The molecule has 0 fully saturated rings. The number of thiophene rings is 1. The first kappa shape index (κ1) is 16.4. The maximum Gasteiger partial charge on any atom is 0.272 e. The minimum absolute atomic E-state index is 0.0103. The number of sulfonamides is 2. The van der Waals surface area contributed by atoms with E-state index in [1.54, 1.807) is 11.4 Å². The van der Waals surface area contributed by atoms with Crippen LogP contribution in [0.3, 0.4) is 0 Å². The van der Waals surface area contributed by atoms with Gasteiger partial charge in [-0.05, 0) is 45.6 Å². The monoisotopic (exact) mass is 414 g/mol. The predicted molar refractivity (Wildman–Crippen MR) is 80.6 cm³/mol. The van der Waals surface area contributed by atoms with Crippen LogP contribution in [-0.2, 0) is 20.0 Å². The zero-order valence-electron chi connectivity index (χ0n) is 10.1. The lowest BCUT2D eigenvalue weighted by atomic mass is 10.3. The van der Waals surface area contributed by atoms with E-state index in [-0.39, 0.29) is 9.90 Å². The molecule has 0 bridgehead atoms. The topological polar surface area (TPSA) is 106 Å². The van der Waals surface area contributed by atoms with E-state index in [1.807, 2.05) is 0 Å². The van der Waals surface area contributed by atoms with Gasteiger partial charge >= 0.3 is 0 Å². The van der Waals surface area contributed by atoms with Crippen molar-refractivity contribution in [3.8, 4) is 0 Å². The van der Waals surface area contributed by atoms with Gasteiger partial charge in [-0.1, -0.05) is 0 Å². The Morgan fingerprint density at radius 3 is 2.38 bits per heavy atom. The molecule has 11 heteroatoms. The molecule has 0 aliphatic heterocycles. The van der Waals surface area contributed by atoms with E-state index in [2.05, 4.69) is 20.7 Å². The normalized spacial score (nSPS) is 12.3. The molecule has 6 nitrogen and oxygen atoms in total. The lowest BCUT2D eigenvalue weighted by molar-refractivity contribution is 0.591. The Labute approximate surface area is 133 Å². The number of benzene rings is 1. The number of nitrogens with one attached hydrogen (secondary N) is 1. The van der Waals surface area contributed by atoms with E-state index in [0.29, 0.717) is 10.5 Å². The van der Waals surface area contributed by atoms with Crippen molar-refractivity contribution in [1.29, 1.82) is 0 Å². The van der Waals surface area contributed by atoms with Gasteiger partial charge in [0.15, 0.2) is 4.21 Å². The van der Waals surface area contributed by atoms with Crippen molar-refractivity contribution in [2.75, 3.05) is 4.72 Å². The molecular formula is C10H8BrFN2O4S3. The molecule has 114 valence electrons. The number of hydrogen-bond donors (Lipinski definition) is 2. The van der Waals surface area contributed by atoms with Crippen LogP contribution in [0.4, 0.5) is 10.1 Å². The minimum Gasteiger partial charge on any atom is -0.279 e. The number of primary sulfonamides is 1. The van der Waals surface area contributed by atoms with Crippen LogP contribution in [0.25, 0.3) is 0 Å². The van der Waals surface area contributed by atoms with Crippen LogP contribution in [0, 0.1) is 5.82 Å². The van der Waals surface area contributed by atoms with Gasteiger partial charge in [0.1, 0.15) is 5.82 Å². The van der Waals surface area contributed by atoms with E-state index < -0.39 is 30.8 Å². The number of halogens is 2. The summed E-state index contributed by atoms with van der Waals surface area (Å²) in [5.74, 6) is -0.926. The first-order chi connectivity index (χ1) is 9.59. The van der Waals surface area contributed by atoms with Gasteiger partial charge in [0.05, 0.1) is 10.6 Å². The number of anilines is 1. The molecule has 2 rings (SSSR count). The first-order valence-corrected chi connectivity index (χ1v) is 9.89. The summed E-state index contributed by atoms with van der Waals surface area (Å²) in [7, 11) is -8.11. The Hall–Kier alpha value is -1.01. The van der Waals surface area contributed by atoms with E-state index in [1.165, 1.54) is 0 Å². The summed E-state index contributed by atoms with van der Waals surface area (Å²) >= 11 is 4.03. The zero-order valence-corrected chi connectivity index (χ0v) is 14.1. The maximum atomic E-state index is 13.4. The molecule has 21 heavy (non-hydrogen) atoms. The SMILES string of the molecule is NS(=O)(=O)c1cc(F)cc(NS(=O)(=O)c2sccc2Br)c1. The molecular weight excluding hydrogens is 407 g/mol. The number of rotatable bonds is 4. The summed E-state index contributed by atoms with van der Waals surface area (Å²) in [6.45, 7) is 0. The molecule has 0 radical (unpaired) electrons. The van der Waals surface area contributed by atoms with Gasteiger partial charge < -0.3 is 0 Å². The van der Waals surface area contributed by atoms with Crippen molar-refractivity contribution in [2.45, 2.75) is 9.10 Å². The van der Waals surface area contributed by atoms with Crippen LogP contribution in [-0.4, -0.2) is 16.8 Å². The minimum atomic E-state index is -4.15. The molecule has 2 aromatic rings. The van der Waals surface area contributed by atoms with Gasteiger partial charge in [0, 0.05) is 4.47 Å². The smallest absolute Gasteiger partial charge is 0.272 e. The van der Waals surface area contributed by atoms with Crippen molar-refractivity contribution in [1.82, 2.24) is 0 Å². The summed E-state index contributed by atoms with van der Waals surface area (Å²) in [4.78, 5) is -0.523. The molecule has 1 heterocycles.